The summed E-state index contributed by atoms with van der Waals surface area (Å²) >= 11 is 0. The highest BCUT2D eigenvalue weighted by atomic mass is 16.3. The molecule has 0 bridgehead atoms. The zero-order valence-corrected chi connectivity index (χ0v) is 19.0. The number of carbonyl (C=O) groups is 3. The standard InChI is InChI=1S/C25H27N5O4/c1-29-13-12-25(34,24(29)33)11-10-15-4-2-5-17(14-15)30-19-7-3-6-18(27-23(32)16-8-9-16)20(19)21(28-30)22(26)31/h2,4-5,14,16,18,34H,3,6-9,12-13H2,1H3,(H2,26,31)(H,27,32)/t18-,25-/m0/s1. The van der Waals surface area contributed by atoms with E-state index in [9.17, 15) is 19.5 Å². The number of aromatic nitrogens is 2. The molecule has 1 aliphatic heterocycles. The van der Waals surface area contributed by atoms with Gasteiger partial charge in [-0.05, 0) is 50.3 Å². The highest BCUT2D eigenvalue weighted by Gasteiger charge is 2.42. The van der Waals surface area contributed by atoms with Crippen molar-refractivity contribution in [1.29, 1.82) is 0 Å². The molecule has 2 aliphatic carbocycles. The van der Waals surface area contributed by atoms with Gasteiger partial charge in [0.15, 0.2) is 5.69 Å². The van der Waals surface area contributed by atoms with Crippen molar-refractivity contribution in [2.45, 2.75) is 50.2 Å². The molecule has 4 N–H and O–H groups in total. The van der Waals surface area contributed by atoms with Gasteiger partial charge in [-0.25, -0.2) is 4.68 Å². The number of hydrogen-bond acceptors (Lipinski definition) is 5. The van der Waals surface area contributed by atoms with Gasteiger partial charge in [0.05, 0.1) is 17.4 Å². The topological polar surface area (TPSA) is 131 Å². The molecule has 2 fully saturated rings. The Balaban J connectivity index is 1.49. The van der Waals surface area contributed by atoms with Crippen LogP contribution >= 0.6 is 0 Å². The van der Waals surface area contributed by atoms with Crippen molar-refractivity contribution in [2.24, 2.45) is 11.7 Å². The summed E-state index contributed by atoms with van der Waals surface area (Å²) in [6, 6.07) is 6.94. The lowest BCUT2D eigenvalue weighted by atomic mass is 9.90. The molecule has 3 amide bonds. The van der Waals surface area contributed by atoms with Gasteiger partial charge in [-0.1, -0.05) is 17.9 Å². The second-order valence-electron chi connectivity index (χ2n) is 9.35. The number of nitrogens with two attached hydrogens (primary N) is 1. The van der Waals surface area contributed by atoms with Gasteiger partial charge in [0.1, 0.15) is 0 Å². The maximum atomic E-state index is 12.4. The maximum absolute atomic E-state index is 12.4. The van der Waals surface area contributed by atoms with Gasteiger partial charge < -0.3 is 21.1 Å². The summed E-state index contributed by atoms with van der Waals surface area (Å²) in [7, 11) is 1.64. The number of nitrogens with one attached hydrogen (secondary N) is 1. The smallest absolute Gasteiger partial charge is 0.269 e. The fourth-order valence-corrected chi connectivity index (χ4v) is 4.73. The van der Waals surface area contributed by atoms with E-state index in [0.717, 1.165) is 31.4 Å². The van der Waals surface area contributed by atoms with Crippen LogP contribution in [-0.2, 0) is 16.0 Å². The zero-order valence-electron chi connectivity index (χ0n) is 19.0. The fourth-order valence-electron chi connectivity index (χ4n) is 4.73. The monoisotopic (exact) mass is 461 g/mol. The lowest BCUT2D eigenvalue weighted by molar-refractivity contribution is -0.137. The van der Waals surface area contributed by atoms with Crippen molar-refractivity contribution in [3.8, 4) is 17.5 Å². The van der Waals surface area contributed by atoms with E-state index in [1.165, 1.54) is 4.90 Å². The van der Waals surface area contributed by atoms with E-state index in [1.807, 2.05) is 6.07 Å². The predicted molar refractivity (Wildman–Crippen MR) is 123 cm³/mol. The first kappa shape index (κ1) is 22.2. The first-order chi connectivity index (χ1) is 16.3. The number of carbonyl (C=O) groups excluding carboxylic acids is 3. The Kier molecular flexibility index (Phi) is 5.41. The molecule has 2 heterocycles. The van der Waals surface area contributed by atoms with Crippen molar-refractivity contribution >= 4 is 17.7 Å². The molecule has 0 radical (unpaired) electrons. The fraction of sp³-hybridized carbons (Fsp3) is 0.440. The first-order valence-electron chi connectivity index (χ1n) is 11.6. The van der Waals surface area contributed by atoms with Gasteiger partial charge in [-0.15, -0.1) is 0 Å². The van der Waals surface area contributed by atoms with Gasteiger partial charge in [0.25, 0.3) is 11.8 Å². The molecular formula is C25H27N5O4. The Hall–Kier alpha value is -3.64. The Bertz CT molecular complexity index is 1250. The van der Waals surface area contributed by atoms with Crippen LogP contribution in [0.5, 0.6) is 0 Å². The van der Waals surface area contributed by atoms with Crippen molar-refractivity contribution in [1.82, 2.24) is 20.0 Å². The average Bonchev–Trinajstić information content (AvgIpc) is 3.56. The van der Waals surface area contributed by atoms with Crippen LogP contribution in [0.1, 0.15) is 65.5 Å². The summed E-state index contributed by atoms with van der Waals surface area (Å²) in [4.78, 5) is 38.3. The zero-order chi connectivity index (χ0) is 24.0. The first-order valence-corrected chi connectivity index (χ1v) is 11.6. The summed E-state index contributed by atoms with van der Waals surface area (Å²) in [5, 5.41) is 18.2. The number of benzene rings is 1. The minimum atomic E-state index is -1.68. The molecule has 9 nitrogen and oxygen atoms in total. The van der Waals surface area contributed by atoms with E-state index < -0.39 is 17.4 Å². The minimum absolute atomic E-state index is 0.0170. The van der Waals surface area contributed by atoms with E-state index in [4.69, 9.17) is 5.73 Å². The number of primary amides is 1. The Morgan fingerprint density at radius 2 is 2.09 bits per heavy atom. The SMILES string of the molecule is CN1CC[C@@](O)(C#Cc2cccc(-n3nc(C(N)=O)c4c3CCC[C@@H]4NC(=O)C3CC3)c2)C1=O. The van der Waals surface area contributed by atoms with E-state index >= 15 is 0 Å². The van der Waals surface area contributed by atoms with Crippen molar-refractivity contribution in [3.05, 3.63) is 46.8 Å². The Morgan fingerprint density at radius 1 is 1.29 bits per heavy atom. The summed E-state index contributed by atoms with van der Waals surface area (Å²) in [6.07, 6.45) is 4.33. The molecule has 3 aliphatic rings. The van der Waals surface area contributed by atoms with Gasteiger partial charge in [0, 0.05) is 37.1 Å². The third-order valence-electron chi connectivity index (χ3n) is 6.79. The van der Waals surface area contributed by atoms with E-state index in [-0.39, 0.29) is 30.0 Å². The summed E-state index contributed by atoms with van der Waals surface area (Å²) in [6.45, 7) is 0.456. The van der Waals surface area contributed by atoms with Crippen LogP contribution in [0, 0.1) is 17.8 Å². The molecule has 0 unspecified atom stereocenters. The molecule has 0 spiro atoms. The van der Waals surface area contributed by atoms with Crippen LogP contribution in [0.4, 0.5) is 0 Å². The highest BCUT2D eigenvalue weighted by Crippen LogP contribution is 2.36. The number of likely N-dealkylation sites (N-methyl/N-ethyl adjacent to an activating group) is 1. The molecule has 2 atom stereocenters. The Labute approximate surface area is 197 Å². The second-order valence-corrected chi connectivity index (χ2v) is 9.35. The quantitative estimate of drug-likeness (QED) is 0.581. The molecule has 176 valence electrons. The van der Waals surface area contributed by atoms with Crippen molar-refractivity contribution in [2.75, 3.05) is 13.6 Å². The summed E-state index contributed by atoms with van der Waals surface area (Å²) < 4.78 is 1.69. The summed E-state index contributed by atoms with van der Waals surface area (Å²) in [5.41, 5.74) is 6.98. The number of nitrogens with zero attached hydrogens (tertiary/aromatic N) is 3. The maximum Gasteiger partial charge on any atom is 0.269 e. The van der Waals surface area contributed by atoms with Crippen LogP contribution in [0.3, 0.4) is 0 Å². The van der Waals surface area contributed by atoms with Crippen LogP contribution in [0.25, 0.3) is 5.69 Å². The number of hydrogen-bond donors (Lipinski definition) is 3. The lowest BCUT2D eigenvalue weighted by Crippen LogP contribution is -2.37. The van der Waals surface area contributed by atoms with Crippen LogP contribution in [0.2, 0.25) is 0 Å². The third-order valence-corrected chi connectivity index (χ3v) is 6.79. The molecule has 1 saturated heterocycles. The van der Waals surface area contributed by atoms with Gasteiger partial charge in [-0.3, -0.25) is 14.4 Å². The molecule has 9 heteroatoms. The number of likely N-dealkylation sites (tertiary alicyclic amines) is 1. The van der Waals surface area contributed by atoms with E-state index in [0.29, 0.717) is 29.8 Å². The van der Waals surface area contributed by atoms with Crippen LogP contribution in [0.15, 0.2) is 24.3 Å². The van der Waals surface area contributed by atoms with Gasteiger partial charge >= 0.3 is 0 Å². The normalized spacial score (nSPS) is 23.8. The molecule has 34 heavy (non-hydrogen) atoms. The molecular weight excluding hydrogens is 434 g/mol. The largest absolute Gasteiger partial charge is 0.369 e. The Morgan fingerprint density at radius 3 is 2.76 bits per heavy atom. The number of fused-ring (bicyclic) bond motifs is 1. The van der Waals surface area contributed by atoms with Gasteiger partial charge in [-0.2, -0.15) is 5.10 Å². The number of amides is 3. The summed E-state index contributed by atoms with van der Waals surface area (Å²) in [5.74, 6) is 4.69. The van der Waals surface area contributed by atoms with E-state index in [2.05, 4.69) is 22.3 Å². The number of aliphatic hydroxyl groups is 1. The second kappa shape index (κ2) is 8.29. The minimum Gasteiger partial charge on any atom is -0.369 e. The number of rotatable bonds is 4. The lowest BCUT2D eigenvalue weighted by Gasteiger charge is -2.25. The van der Waals surface area contributed by atoms with Gasteiger partial charge in [0.2, 0.25) is 11.5 Å². The molecule has 5 rings (SSSR count). The van der Waals surface area contributed by atoms with Crippen LogP contribution in [-0.4, -0.2) is 56.7 Å². The average molecular weight is 462 g/mol. The van der Waals surface area contributed by atoms with Crippen molar-refractivity contribution < 1.29 is 19.5 Å². The predicted octanol–water partition coefficient (Wildman–Crippen LogP) is 0.819. The molecule has 1 aromatic heterocycles. The third kappa shape index (κ3) is 3.94. The molecule has 2 aromatic rings. The van der Waals surface area contributed by atoms with Crippen LogP contribution < -0.4 is 11.1 Å². The molecule has 1 aromatic carbocycles. The highest BCUT2D eigenvalue weighted by molar-refractivity contribution is 5.93. The van der Waals surface area contributed by atoms with Crippen molar-refractivity contribution in [3.63, 3.8) is 0 Å². The van der Waals surface area contributed by atoms with E-state index in [1.54, 1.807) is 29.9 Å². The molecule has 1 saturated carbocycles.